The van der Waals surface area contributed by atoms with Gasteiger partial charge in [0.25, 0.3) is 11.8 Å². The first kappa shape index (κ1) is 17.5. The maximum absolute atomic E-state index is 12.6. The fourth-order valence-electron chi connectivity index (χ4n) is 2.61. The zero-order valence-electron chi connectivity index (χ0n) is 14.2. The fraction of sp³-hybridized carbons (Fsp3) is 0.750. The molecule has 1 rings (SSSR count). The van der Waals surface area contributed by atoms with Gasteiger partial charge in [0.05, 0.1) is 6.04 Å². The fourth-order valence-corrected chi connectivity index (χ4v) is 2.61. The molecule has 0 aliphatic carbocycles. The van der Waals surface area contributed by atoms with Crippen LogP contribution in [-0.2, 0) is 9.59 Å². The van der Waals surface area contributed by atoms with Gasteiger partial charge in [0.2, 0.25) is 0 Å². The predicted octanol–water partition coefficient (Wildman–Crippen LogP) is 2.24. The molecule has 0 fully saturated rings. The maximum atomic E-state index is 12.6. The molecule has 0 spiro atoms. The summed E-state index contributed by atoms with van der Waals surface area (Å²) in [5.41, 5.74) is -0.541. The van der Waals surface area contributed by atoms with Gasteiger partial charge in [-0.05, 0) is 17.3 Å². The highest BCUT2D eigenvalue weighted by Crippen LogP contribution is 2.38. The van der Waals surface area contributed by atoms with Crippen molar-refractivity contribution in [3.63, 3.8) is 0 Å². The number of likely N-dealkylation sites (N-methyl/N-ethyl adjacent to an activating group) is 1. The Morgan fingerprint density at radius 2 is 1.81 bits per heavy atom. The highest BCUT2D eigenvalue weighted by atomic mass is 16.3. The van der Waals surface area contributed by atoms with Gasteiger partial charge >= 0.3 is 0 Å². The average Bonchev–Trinajstić information content (AvgIpc) is 2.59. The molecule has 1 aliphatic heterocycles. The van der Waals surface area contributed by atoms with E-state index < -0.39 is 11.9 Å². The van der Waals surface area contributed by atoms with E-state index in [2.05, 4.69) is 26.1 Å². The Bertz CT molecular complexity index is 472. The van der Waals surface area contributed by atoms with Crippen molar-refractivity contribution in [1.29, 1.82) is 0 Å². The Balaban J connectivity index is 3.27. The molecule has 5 heteroatoms. The van der Waals surface area contributed by atoms with E-state index in [0.29, 0.717) is 6.54 Å². The Kier molecular flexibility index (Phi) is 4.76. The largest absolute Gasteiger partial charge is 0.509 e. The second-order valence-electron chi connectivity index (χ2n) is 7.56. The van der Waals surface area contributed by atoms with Crippen molar-refractivity contribution >= 4 is 11.8 Å². The van der Waals surface area contributed by atoms with Crippen molar-refractivity contribution in [3.8, 4) is 0 Å². The third-order valence-corrected chi connectivity index (χ3v) is 4.13. The molecule has 0 aromatic rings. The van der Waals surface area contributed by atoms with Crippen LogP contribution in [0.25, 0.3) is 0 Å². The SMILES string of the molecule is CCC(C)(C)CN1C(=O)C(C(=O)NC)=C(O)C1C(C)(C)C. The molecule has 0 aromatic heterocycles. The van der Waals surface area contributed by atoms with E-state index >= 15 is 0 Å². The van der Waals surface area contributed by atoms with Crippen LogP contribution in [0.5, 0.6) is 0 Å². The van der Waals surface area contributed by atoms with Crippen molar-refractivity contribution in [1.82, 2.24) is 10.2 Å². The number of nitrogens with one attached hydrogen (secondary N) is 1. The van der Waals surface area contributed by atoms with Crippen molar-refractivity contribution < 1.29 is 14.7 Å². The van der Waals surface area contributed by atoms with Crippen LogP contribution in [-0.4, -0.2) is 41.5 Å². The summed E-state index contributed by atoms with van der Waals surface area (Å²) in [6.45, 7) is 12.6. The first-order valence-corrected chi connectivity index (χ1v) is 7.42. The third kappa shape index (κ3) is 3.39. The minimum absolute atomic E-state index is 0.0718. The summed E-state index contributed by atoms with van der Waals surface area (Å²) in [4.78, 5) is 26.2. The van der Waals surface area contributed by atoms with Gasteiger partial charge in [-0.15, -0.1) is 0 Å². The first-order valence-electron chi connectivity index (χ1n) is 7.42. The molecule has 0 aromatic carbocycles. The normalized spacial score (nSPS) is 20.2. The monoisotopic (exact) mass is 296 g/mol. The number of rotatable bonds is 4. The molecule has 0 radical (unpaired) electrons. The molecular weight excluding hydrogens is 268 g/mol. The lowest BCUT2D eigenvalue weighted by Crippen LogP contribution is -2.48. The van der Waals surface area contributed by atoms with Gasteiger partial charge in [-0.3, -0.25) is 9.59 Å². The van der Waals surface area contributed by atoms with E-state index in [4.69, 9.17) is 0 Å². The van der Waals surface area contributed by atoms with Crippen LogP contribution in [0.3, 0.4) is 0 Å². The zero-order valence-corrected chi connectivity index (χ0v) is 14.2. The van der Waals surface area contributed by atoms with Crippen molar-refractivity contribution in [3.05, 3.63) is 11.3 Å². The molecule has 1 unspecified atom stereocenters. The molecule has 21 heavy (non-hydrogen) atoms. The quantitative estimate of drug-likeness (QED) is 0.782. The van der Waals surface area contributed by atoms with E-state index in [1.165, 1.54) is 7.05 Å². The van der Waals surface area contributed by atoms with Gasteiger partial charge in [-0.25, -0.2) is 0 Å². The Morgan fingerprint density at radius 3 is 2.19 bits per heavy atom. The zero-order chi connectivity index (χ0) is 16.6. The van der Waals surface area contributed by atoms with Crippen LogP contribution in [0, 0.1) is 10.8 Å². The van der Waals surface area contributed by atoms with E-state index in [9.17, 15) is 14.7 Å². The molecule has 1 atom stereocenters. The number of aliphatic hydroxyl groups excluding tert-OH is 1. The maximum Gasteiger partial charge on any atom is 0.263 e. The van der Waals surface area contributed by atoms with Gasteiger partial charge < -0.3 is 15.3 Å². The topological polar surface area (TPSA) is 69.6 Å². The predicted molar refractivity (Wildman–Crippen MR) is 82.7 cm³/mol. The number of hydrogen-bond donors (Lipinski definition) is 2. The van der Waals surface area contributed by atoms with Crippen LogP contribution in [0.1, 0.15) is 48.0 Å². The minimum Gasteiger partial charge on any atom is -0.509 e. The van der Waals surface area contributed by atoms with E-state index in [-0.39, 0.29) is 28.1 Å². The van der Waals surface area contributed by atoms with E-state index in [1.54, 1.807) is 4.90 Å². The molecule has 1 heterocycles. The summed E-state index contributed by atoms with van der Waals surface area (Å²) in [6.07, 6.45) is 0.906. The van der Waals surface area contributed by atoms with E-state index in [1.807, 2.05) is 20.8 Å². The van der Waals surface area contributed by atoms with Crippen molar-refractivity contribution in [2.24, 2.45) is 10.8 Å². The number of nitrogens with zero attached hydrogens (tertiary/aromatic N) is 1. The molecule has 2 amide bonds. The van der Waals surface area contributed by atoms with Crippen LogP contribution >= 0.6 is 0 Å². The number of hydrogen-bond acceptors (Lipinski definition) is 3. The summed E-state index contributed by atoms with van der Waals surface area (Å²) < 4.78 is 0. The van der Waals surface area contributed by atoms with Crippen LogP contribution in [0.15, 0.2) is 11.3 Å². The second-order valence-corrected chi connectivity index (χ2v) is 7.56. The van der Waals surface area contributed by atoms with Crippen LogP contribution in [0.4, 0.5) is 0 Å². The molecule has 0 saturated carbocycles. The summed E-state index contributed by atoms with van der Waals surface area (Å²) >= 11 is 0. The lowest BCUT2D eigenvalue weighted by molar-refractivity contribution is -0.132. The highest BCUT2D eigenvalue weighted by Gasteiger charge is 2.48. The number of amides is 2. The molecule has 0 saturated heterocycles. The van der Waals surface area contributed by atoms with Crippen LogP contribution < -0.4 is 5.32 Å². The van der Waals surface area contributed by atoms with Crippen LogP contribution in [0.2, 0.25) is 0 Å². The Labute approximate surface area is 127 Å². The minimum atomic E-state index is -0.524. The number of carbonyl (C=O) groups excluding carboxylic acids is 2. The standard InChI is InChI=1S/C16H28N2O3/c1-8-16(5,6)9-18-12(15(2,3)4)11(19)10(14(18)21)13(20)17-7/h12,19H,8-9H2,1-7H3,(H,17,20). The van der Waals surface area contributed by atoms with Gasteiger partial charge in [-0.1, -0.05) is 41.5 Å². The third-order valence-electron chi connectivity index (χ3n) is 4.13. The van der Waals surface area contributed by atoms with Gasteiger partial charge in [0.15, 0.2) is 0 Å². The first-order chi connectivity index (χ1) is 9.46. The number of carbonyl (C=O) groups is 2. The highest BCUT2D eigenvalue weighted by molar-refractivity contribution is 6.20. The van der Waals surface area contributed by atoms with Crippen molar-refractivity contribution in [2.75, 3.05) is 13.6 Å². The van der Waals surface area contributed by atoms with Crippen molar-refractivity contribution in [2.45, 2.75) is 54.0 Å². The molecule has 2 N–H and O–H groups in total. The lowest BCUT2D eigenvalue weighted by atomic mass is 9.83. The Morgan fingerprint density at radius 1 is 1.29 bits per heavy atom. The molecular formula is C16H28N2O3. The van der Waals surface area contributed by atoms with Gasteiger partial charge in [0, 0.05) is 13.6 Å². The summed E-state index contributed by atoms with van der Waals surface area (Å²) in [5, 5.41) is 12.9. The molecule has 120 valence electrons. The number of aliphatic hydroxyl groups is 1. The smallest absolute Gasteiger partial charge is 0.263 e. The lowest BCUT2D eigenvalue weighted by Gasteiger charge is -2.39. The Hall–Kier alpha value is -1.52. The van der Waals surface area contributed by atoms with Gasteiger partial charge in [-0.2, -0.15) is 0 Å². The summed E-state index contributed by atoms with van der Waals surface area (Å²) in [7, 11) is 1.46. The second kappa shape index (κ2) is 5.70. The molecule has 0 bridgehead atoms. The van der Waals surface area contributed by atoms with E-state index in [0.717, 1.165) is 6.42 Å². The summed E-state index contributed by atoms with van der Waals surface area (Å²) in [6, 6.07) is -0.469. The summed E-state index contributed by atoms with van der Waals surface area (Å²) in [5.74, 6) is -1.02. The molecule has 1 aliphatic rings. The average molecular weight is 296 g/mol. The van der Waals surface area contributed by atoms with Gasteiger partial charge in [0.1, 0.15) is 11.3 Å². The molecule has 5 nitrogen and oxygen atoms in total.